The van der Waals surface area contributed by atoms with Crippen LogP contribution in [0, 0.1) is 0 Å². The molecule has 1 aliphatic heterocycles. The molecule has 4 rings (SSSR count). The van der Waals surface area contributed by atoms with E-state index in [9.17, 15) is 13.2 Å². The Kier molecular flexibility index (Phi) is 5.59. The smallest absolute Gasteiger partial charge is 0.338 e. The zero-order valence-electron chi connectivity index (χ0n) is 15.6. The molecule has 0 amide bonds. The highest BCUT2D eigenvalue weighted by atomic mass is 19.4. The summed E-state index contributed by atoms with van der Waals surface area (Å²) in [5.74, 6) is 0.754. The third kappa shape index (κ3) is 4.99. The van der Waals surface area contributed by atoms with E-state index < -0.39 is 11.7 Å². The van der Waals surface area contributed by atoms with Gasteiger partial charge in [0.15, 0.2) is 0 Å². The minimum Gasteiger partial charge on any atom is -0.338 e. The molecule has 6 nitrogen and oxygen atoms in total. The number of halogens is 3. The van der Waals surface area contributed by atoms with Crippen molar-refractivity contribution in [2.45, 2.75) is 19.3 Å². The van der Waals surface area contributed by atoms with Crippen molar-refractivity contribution in [2.75, 3.05) is 26.2 Å². The van der Waals surface area contributed by atoms with Gasteiger partial charge in [0, 0.05) is 50.7 Å². The molecule has 0 N–H and O–H groups in total. The van der Waals surface area contributed by atoms with Crippen LogP contribution < -0.4 is 0 Å². The van der Waals surface area contributed by atoms with Gasteiger partial charge in [0.1, 0.15) is 0 Å². The Hall–Kier alpha value is -2.78. The van der Waals surface area contributed by atoms with Crippen molar-refractivity contribution in [1.82, 2.24) is 24.9 Å². The lowest BCUT2D eigenvalue weighted by molar-refractivity contribution is -0.137. The van der Waals surface area contributed by atoms with Gasteiger partial charge in [-0.15, -0.1) is 0 Å². The maximum absolute atomic E-state index is 12.7. The topological polar surface area (TPSA) is 58.3 Å². The minimum absolute atomic E-state index is 0.295. The summed E-state index contributed by atoms with van der Waals surface area (Å²) < 4.78 is 43.3. The molecule has 0 unspecified atom stereocenters. The van der Waals surface area contributed by atoms with E-state index in [1.165, 1.54) is 17.7 Å². The Morgan fingerprint density at radius 2 is 1.62 bits per heavy atom. The quantitative estimate of drug-likeness (QED) is 0.650. The Morgan fingerprint density at radius 1 is 0.931 bits per heavy atom. The second kappa shape index (κ2) is 8.30. The van der Waals surface area contributed by atoms with E-state index in [0.717, 1.165) is 44.9 Å². The van der Waals surface area contributed by atoms with E-state index in [-0.39, 0.29) is 0 Å². The van der Waals surface area contributed by atoms with Crippen LogP contribution in [0.3, 0.4) is 0 Å². The Balaban J connectivity index is 1.31. The molecule has 1 aromatic carbocycles. The van der Waals surface area contributed by atoms with Gasteiger partial charge in [-0.25, -0.2) is 0 Å². The number of alkyl halides is 3. The third-order valence-corrected chi connectivity index (χ3v) is 4.89. The summed E-state index contributed by atoms with van der Waals surface area (Å²) in [4.78, 5) is 13.1. The highest BCUT2D eigenvalue weighted by Crippen LogP contribution is 2.30. The first-order chi connectivity index (χ1) is 14.0. The van der Waals surface area contributed by atoms with Crippen LogP contribution in [0.1, 0.15) is 17.0 Å². The molecule has 1 saturated heterocycles. The van der Waals surface area contributed by atoms with Gasteiger partial charge in [-0.2, -0.15) is 18.2 Å². The summed E-state index contributed by atoms with van der Waals surface area (Å²) in [6, 6.07) is 8.76. The van der Waals surface area contributed by atoms with Gasteiger partial charge in [0.2, 0.25) is 11.7 Å². The van der Waals surface area contributed by atoms with Crippen LogP contribution in [-0.2, 0) is 19.3 Å². The highest BCUT2D eigenvalue weighted by molar-refractivity contribution is 5.54. The van der Waals surface area contributed by atoms with Crippen molar-refractivity contribution in [3.05, 3.63) is 65.8 Å². The zero-order chi connectivity index (χ0) is 20.3. The summed E-state index contributed by atoms with van der Waals surface area (Å²) in [6.45, 7) is 4.99. The molecular formula is C20H20F3N5O. The average molecular weight is 403 g/mol. The van der Waals surface area contributed by atoms with E-state index in [1.807, 2.05) is 12.3 Å². The lowest BCUT2D eigenvalue weighted by Gasteiger charge is -2.33. The molecule has 0 saturated carbocycles. The lowest BCUT2D eigenvalue weighted by Crippen LogP contribution is -2.45. The van der Waals surface area contributed by atoms with Gasteiger partial charge < -0.3 is 4.52 Å². The zero-order valence-corrected chi connectivity index (χ0v) is 15.6. The predicted molar refractivity (Wildman–Crippen MR) is 99.5 cm³/mol. The van der Waals surface area contributed by atoms with Gasteiger partial charge in [-0.05, 0) is 23.8 Å². The van der Waals surface area contributed by atoms with Gasteiger partial charge in [-0.1, -0.05) is 23.4 Å². The molecule has 9 heteroatoms. The van der Waals surface area contributed by atoms with Crippen LogP contribution in [0.15, 0.2) is 53.3 Å². The first kappa shape index (κ1) is 19.5. The van der Waals surface area contributed by atoms with Crippen LogP contribution in [-0.4, -0.2) is 51.1 Å². The van der Waals surface area contributed by atoms with Crippen LogP contribution in [0.4, 0.5) is 13.2 Å². The van der Waals surface area contributed by atoms with E-state index in [1.54, 1.807) is 6.20 Å². The molecule has 0 spiro atoms. The number of nitrogens with zero attached hydrogens (tertiary/aromatic N) is 5. The average Bonchev–Trinajstić information content (AvgIpc) is 3.18. The summed E-state index contributed by atoms with van der Waals surface area (Å²) in [5.41, 5.74) is 0.988. The van der Waals surface area contributed by atoms with Crippen molar-refractivity contribution in [3.63, 3.8) is 0 Å². The van der Waals surface area contributed by atoms with E-state index in [2.05, 4.69) is 31.0 Å². The van der Waals surface area contributed by atoms with Crippen molar-refractivity contribution in [3.8, 4) is 11.4 Å². The molecule has 29 heavy (non-hydrogen) atoms. The number of hydrogen-bond donors (Lipinski definition) is 0. The molecule has 0 bridgehead atoms. The molecule has 0 atom stereocenters. The standard InChI is InChI=1S/C20H20F3N5O/c21-20(22,23)17-5-3-16(4-6-17)19-25-18(29-26-19)14-28-10-8-27(9-11-28)13-15-2-1-7-24-12-15/h1-7,12H,8-11,13-14H2. The molecule has 1 fully saturated rings. The fourth-order valence-corrected chi connectivity index (χ4v) is 3.29. The maximum atomic E-state index is 12.7. The molecular weight excluding hydrogens is 383 g/mol. The molecule has 152 valence electrons. The Labute approximate surface area is 166 Å². The predicted octanol–water partition coefficient (Wildman–Crippen LogP) is 3.47. The van der Waals surface area contributed by atoms with E-state index in [0.29, 0.717) is 23.8 Å². The fourth-order valence-electron chi connectivity index (χ4n) is 3.29. The maximum Gasteiger partial charge on any atom is 0.416 e. The van der Waals surface area contributed by atoms with Gasteiger partial charge in [-0.3, -0.25) is 14.8 Å². The number of piperazine rings is 1. The van der Waals surface area contributed by atoms with Gasteiger partial charge >= 0.3 is 6.18 Å². The molecule has 1 aliphatic rings. The summed E-state index contributed by atoms with van der Waals surface area (Å²) in [6.07, 6.45) is -0.710. The van der Waals surface area contributed by atoms with E-state index in [4.69, 9.17) is 4.52 Å². The second-order valence-electron chi connectivity index (χ2n) is 7.00. The largest absolute Gasteiger partial charge is 0.416 e. The Morgan fingerprint density at radius 3 is 2.24 bits per heavy atom. The van der Waals surface area contributed by atoms with Crippen LogP contribution in [0.25, 0.3) is 11.4 Å². The SMILES string of the molecule is FC(F)(F)c1ccc(-c2noc(CN3CCN(Cc4cccnc4)CC3)n2)cc1. The van der Waals surface area contributed by atoms with Crippen molar-refractivity contribution in [1.29, 1.82) is 0 Å². The molecule has 0 aliphatic carbocycles. The van der Waals surface area contributed by atoms with Crippen LogP contribution in [0.5, 0.6) is 0 Å². The third-order valence-electron chi connectivity index (χ3n) is 4.89. The normalized spacial score (nSPS) is 16.2. The molecule has 0 radical (unpaired) electrons. The monoisotopic (exact) mass is 403 g/mol. The first-order valence-electron chi connectivity index (χ1n) is 9.31. The Bertz CT molecular complexity index is 919. The first-order valence-corrected chi connectivity index (χ1v) is 9.31. The summed E-state index contributed by atoms with van der Waals surface area (Å²) >= 11 is 0. The number of rotatable bonds is 5. The number of pyridine rings is 1. The number of hydrogen-bond acceptors (Lipinski definition) is 6. The highest BCUT2D eigenvalue weighted by Gasteiger charge is 2.30. The summed E-state index contributed by atoms with van der Waals surface area (Å²) in [7, 11) is 0. The lowest BCUT2D eigenvalue weighted by atomic mass is 10.1. The van der Waals surface area contributed by atoms with Crippen molar-refractivity contribution < 1.29 is 17.7 Å². The van der Waals surface area contributed by atoms with Gasteiger partial charge in [0.25, 0.3) is 0 Å². The molecule has 2 aromatic heterocycles. The summed E-state index contributed by atoms with van der Waals surface area (Å²) in [5, 5.41) is 3.90. The van der Waals surface area contributed by atoms with E-state index >= 15 is 0 Å². The van der Waals surface area contributed by atoms with Gasteiger partial charge in [0.05, 0.1) is 12.1 Å². The van der Waals surface area contributed by atoms with Crippen LogP contribution >= 0.6 is 0 Å². The minimum atomic E-state index is -4.36. The van der Waals surface area contributed by atoms with Crippen molar-refractivity contribution >= 4 is 0 Å². The molecule has 3 heterocycles. The second-order valence-corrected chi connectivity index (χ2v) is 7.00. The molecule has 3 aromatic rings. The fraction of sp³-hybridized carbons (Fsp3) is 0.350. The van der Waals surface area contributed by atoms with Crippen molar-refractivity contribution in [2.24, 2.45) is 0 Å². The number of aromatic nitrogens is 3. The number of benzene rings is 1. The van der Waals surface area contributed by atoms with Crippen LogP contribution in [0.2, 0.25) is 0 Å².